The summed E-state index contributed by atoms with van der Waals surface area (Å²) in [6.07, 6.45) is 0. The number of hydrogen-bond donors (Lipinski definition) is 2. The first-order valence-corrected chi connectivity index (χ1v) is 6.84. The number of amides is 1. The van der Waals surface area contributed by atoms with Crippen LogP contribution in [0.15, 0.2) is 22.7 Å². The number of methoxy groups -OCH3 is 1. The van der Waals surface area contributed by atoms with E-state index >= 15 is 0 Å². The highest BCUT2D eigenvalue weighted by molar-refractivity contribution is 9.10. The van der Waals surface area contributed by atoms with Crippen LogP contribution in [0.3, 0.4) is 0 Å². The van der Waals surface area contributed by atoms with Crippen molar-refractivity contribution >= 4 is 27.5 Å². The lowest BCUT2D eigenvalue weighted by molar-refractivity contribution is -0.120. The van der Waals surface area contributed by atoms with Crippen molar-refractivity contribution < 1.29 is 14.3 Å². The number of carbonyl (C=O) groups is 1. The lowest BCUT2D eigenvalue weighted by atomic mass is 10.0. The maximum atomic E-state index is 12.2. The minimum absolute atomic E-state index is 0.0502. The number of rotatable bonds is 4. The Morgan fingerprint density at radius 2 is 2.26 bits per heavy atom. The van der Waals surface area contributed by atoms with E-state index < -0.39 is 0 Å². The predicted octanol–water partition coefficient (Wildman–Crippen LogP) is 1.63. The quantitative estimate of drug-likeness (QED) is 0.882. The zero-order chi connectivity index (χ0) is 13.8. The summed E-state index contributed by atoms with van der Waals surface area (Å²) in [4.78, 5) is 12.2. The molecule has 1 saturated heterocycles. The molecule has 2 N–H and O–H groups in total. The van der Waals surface area contributed by atoms with E-state index in [1.54, 1.807) is 13.2 Å². The smallest absolute Gasteiger partial charge is 0.231 e. The zero-order valence-electron chi connectivity index (χ0n) is 10.9. The van der Waals surface area contributed by atoms with Gasteiger partial charge >= 0.3 is 0 Å². The Morgan fingerprint density at radius 1 is 1.47 bits per heavy atom. The molecule has 5 nitrogen and oxygen atoms in total. The molecule has 1 fully saturated rings. The highest BCUT2D eigenvalue weighted by Crippen LogP contribution is 2.28. The third-order valence-electron chi connectivity index (χ3n) is 3.22. The molecule has 0 saturated carbocycles. The van der Waals surface area contributed by atoms with Gasteiger partial charge in [-0.2, -0.15) is 0 Å². The fourth-order valence-electron chi connectivity index (χ4n) is 2.05. The minimum atomic E-state index is -0.178. The number of anilines is 1. The summed E-state index contributed by atoms with van der Waals surface area (Å²) >= 11 is 3.41. The Kier molecular flexibility index (Phi) is 4.79. The molecule has 0 aliphatic carbocycles. The van der Waals surface area contributed by atoms with Crippen LogP contribution in [-0.2, 0) is 9.53 Å². The molecule has 1 aromatic carbocycles. The van der Waals surface area contributed by atoms with Crippen molar-refractivity contribution in [2.45, 2.75) is 6.04 Å². The predicted molar refractivity (Wildman–Crippen MR) is 76.5 cm³/mol. The SMILES string of the molecule is CNC1COCC1C(=O)Nc1cc(OC)ccc1Br. The number of halogens is 1. The molecule has 104 valence electrons. The van der Waals surface area contributed by atoms with E-state index in [4.69, 9.17) is 9.47 Å². The van der Waals surface area contributed by atoms with Gasteiger partial charge in [0, 0.05) is 16.6 Å². The van der Waals surface area contributed by atoms with Crippen LogP contribution in [0.1, 0.15) is 0 Å². The fourth-order valence-corrected chi connectivity index (χ4v) is 2.40. The van der Waals surface area contributed by atoms with Crippen LogP contribution in [0.25, 0.3) is 0 Å². The molecule has 2 atom stereocenters. The molecular weight excluding hydrogens is 312 g/mol. The molecule has 1 aliphatic rings. The Hall–Kier alpha value is -1.11. The van der Waals surface area contributed by atoms with Crippen molar-refractivity contribution in [3.8, 4) is 5.75 Å². The van der Waals surface area contributed by atoms with Gasteiger partial charge < -0.3 is 20.1 Å². The van der Waals surface area contributed by atoms with Gasteiger partial charge in [-0.3, -0.25) is 4.79 Å². The van der Waals surface area contributed by atoms with E-state index in [0.29, 0.717) is 24.7 Å². The number of carbonyl (C=O) groups excluding carboxylic acids is 1. The Bertz CT molecular complexity index is 467. The molecule has 1 amide bonds. The molecule has 1 heterocycles. The lowest BCUT2D eigenvalue weighted by Crippen LogP contribution is -2.39. The fraction of sp³-hybridized carbons (Fsp3) is 0.462. The van der Waals surface area contributed by atoms with E-state index in [1.165, 1.54) is 0 Å². The molecule has 0 radical (unpaired) electrons. The monoisotopic (exact) mass is 328 g/mol. The number of benzene rings is 1. The topological polar surface area (TPSA) is 59.6 Å². The molecule has 2 unspecified atom stereocenters. The second kappa shape index (κ2) is 6.36. The van der Waals surface area contributed by atoms with E-state index in [9.17, 15) is 4.79 Å². The molecule has 1 aliphatic heterocycles. The van der Waals surface area contributed by atoms with Gasteiger partial charge in [-0.1, -0.05) is 0 Å². The van der Waals surface area contributed by atoms with Gasteiger partial charge in [-0.05, 0) is 35.1 Å². The highest BCUT2D eigenvalue weighted by atomic mass is 79.9. The van der Waals surface area contributed by atoms with Crippen LogP contribution in [0.2, 0.25) is 0 Å². The molecule has 0 spiro atoms. The van der Waals surface area contributed by atoms with Gasteiger partial charge in [0.15, 0.2) is 0 Å². The van der Waals surface area contributed by atoms with Gasteiger partial charge in [-0.15, -0.1) is 0 Å². The zero-order valence-corrected chi connectivity index (χ0v) is 12.5. The molecule has 2 rings (SSSR count). The third kappa shape index (κ3) is 3.26. The Morgan fingerprint density at radius 3 is 2.95 bits per heavy atom. The van der Waals surface area contributed by atoms with E-state index in [1.807, 2.05) is 19.2 Å². The average Bonchev–Trinajstić information content (AvgIpc) is 2.89. The van der Waals surface area contributed by atoms with Crippen molar-refractivity contribution in [3.05, 3.63) is 22.7 Å². The van der Waals surface area contributed by atoms with E-state index in [-0.39, 0.29) is 17.9 Å². The van der Waals surface area contributed by atoms with Crippen molar-refractivity contribution in [3.63, 3.8) is 0 Å². The van der Waals surface area contributed by atoms with E-state index in [0.717, 1.165) is 4.47 Å². The Labute approximate surface area is 120 Å². The van der Waals surface area contributed by atoms with Gasteiger partial charge in [0.2, 0.25) is 5.91 Å². The van der Waals surface area contributed by atoms with Gasteiger partial charge in [0.05, 0.1) is 31.9 Å². The molecule has 6 heteroatoms. The van der Waals surface area contributed by atoms with Crippen LogP contribution in [0.5, 0.6) is 5.75 Å². The molecule has 19 heavy (non-hydrogen) atoms. The highest BCUT2D eigenvalue weighted by Gasteiger charge is 2.33. The van der Waals surface area contributed by atoms with Crippen LogP contribution < -0.4 is 15.4 Å². The molecule has 0 aromatic heterocycles. The second-order valence-electron chi connectivity index (χ2n) is 4.37. The first kappa shape index (κ1) is 14.3. The first-order chi connectivity index (χ1) is 9.15. The summed E-state index contributed by atoms with van der Waals surface area (Å²) in [5.74, 6) is 0.472. The maximum Gasteiger partial charge on any atom is 0.231 e. The normalized spacial score (nSPS) is 22.3. The standard InChI is InChI=1S/C13H17BrN2O3/c1-15-12-7-19-6-9(12)13(17)16-11-5-8(18-2)3-4-10(11)14/h3-5,9,12,15H,6-7H2,1-2H3,(H,16,17). The molecular formula is C13H17BrN2O3. The minimum Gasteiger partial charge on any atom is -0.497 e. The number of ether oxygens (including phenoxy) is 2. The van der Waals surface area contributed by atoms with Crippen molar-refractivity contribution in [2.75, 3.05) is 32.7 Å². The van der Waals surface area contributed by atoms with Crippen LogP contribution in [0.4, 0.5) is 5.69 Å². The van der Waals surface area contributed by atoms with Crippen LogP contribution in [-0.4, -0.2) is 39.3 Å². The maximum absolute atomic E-state index is 12.2. The summed E-state index contributed by atoms with van der Waals surface area (Å²) in [6.45, 7) is 1.01. The lowest BCUT2D eigenvalue weighted by Gasteiger charge is -2.17. The summed E-state index contributed by atoms with van der Waals surface area (Å²) in [5, 5.41) is 6.00. The van der Waals surface area contributed by atoms with Gasteiger partial charge in [-0.25, -0.2) is 0 Å². The van der Waals surface area contributed by atoms with Crippen molar-refractivity contribution in [1.82, 2.24) is 5.32 Å². The van der Waals surface area contributed by atoms with Crippen molar-refractivity contribution in [2.24, 2.45) is 5.92 Å². The van der Waals surface area contributed by atoms with Gasteiger partial charge in [0.25, 0.3) is 0 Å². The Balaban J connectivity index is 2.10. The van der Waals surface area contributed by atoms with Crippen LogP contribution >= 0.6 is 15.9 Å². The summed E-state index contributed by atoms with van der Waals surface area (Å²) < 4.78 is 11.3. The van der Waals surface area contributed by atoms with Crippen LogP contribution in [0, 0.1) is 5.92 Å². The van der Waals surface area contributed by atoms with Crippen molar-refractivity contribution in [1.29, 1.82) is 0 Å². The molecule has 1 aromatic rings. The van der Waals surface area contributed by atoms with E-state index in [2.05, 4.69) is 26.6 Å². The van der Waals surface area contributed by atoms with Gasteiger partial charge in [0.1, 0.15) is 5.75 Å². The first-order valence-electron chi connectivity index (χ1n) is 6.05. The summed E-state index contributed by atoms with van der Waals surface area (Å²) in [6, 6.07) is 5.51. The number of likely N-dealkylation sites (N-methyl/N-ethyl adjacent to an activating group) is 1. The summed E-state index contributed by atoms with van der Waals surface area (Å²) in [7, 11) is 3.43. The third-order valence-corrected chi connectivity index (χ3v) is 3.91. The summed E-state index contributed by atoms with van der Waals surface area (Å²) in [5.41, 5.74) is 0.700. The second-order valence-corrected chi connectivity index (χ2v) is 5.23. The largest absolute Gasteiger partial charge is 0.497 e. The molecule has 0 bridgehead atoms. The number of nitrogens with one attached hydrogen (secondary N) is 2. The number of hydrogen-bond acceptors (Lipinski definition) is 4. The average molecular weight is 329 g/mol.